The first-order valence-electron chi connectivity index (χ1n) is 5.58. The Morgan fingerprint density at radius 3 is 2.56 bits per heavy atom. The fourth-order valence-electron chi connectivity index (χ4n) is 2.10. The average Bonchev–Trinajstić information content (AvgIpc) is 2.83. The van der Waals surface area contributed by atoms with Crippen molar-refractivity contribution in [2.24, 2.45) is 0 Å². The molecule has 0 bridgehead atoms. The number of carbonyl (C=O) groups excluding carboxylic acids is 2. The molecule has 0 saturated heterocycles. The predicted molar refractivity (Wildman–Crippen MR) is 66.5 cm³/mol. The van der Waals surface area contributed by atoms with Crippen molar-refractivity contribution in [2.75, 3.05) is 7.05 Å². The van der Waals surface area contributed by atoms with Gasteiger partial charge in [0.05, 0.1) is 11.2 Å². The molecular weight excluding hydrogens is 230 g/mol. The molecule has 1 aliphatic heterocycles. The SMILES string of the molecule is Cc1nn(C2=CC(=O)N(C)C2=O)c2ccccc12. The molecule has 2 amide bonds. The molecule has 0 saturated carbocycles. The van der Waals surface area contributed by atoms with Gasteiger partial charge in [-0.2, -0.15) is 5.10 Å². The number of amides is 2. The monoisotopic (exact) mass is 241 g/mol. The van der Waals surface area contributed by atoms with Crippen molar-refractivity contribution in [3.63, 3.8) is 0 Å². The minimum absolute atomic E-state index is 0.298. The summed E-state index contributed by atoms with van der Waals surface area (Å²) in [7, 11) is 1.46. The largest absolute Gasteiger partial charge is 0.279 e. The van der Waals surface area contributed by atoms with Crippen LogP contribution in [0.15, 0.2) is 30.3 Å². The first-order chi connectivity index (χ1) is 8.59. The summed E-state index contributed by atoms with van der Waals surface area (Å²) in [5, 5.41) is 5.32. The van der Waals surface area contributed by atoms with Crippen LogP contribution in [0.3, 0.4) is 0 Å². The molecule has 3 rings (SSSR count). The van der Waals surface area contributed by atoms with E-state index in [1.165, 1.54) is 17.8 Å². The fourth-order valence-corrected chi connectivity index (χ4v) is 2.10. The van der Waals surface area contributed by atoms with Crippen molar-refractivity contribution in [1.82, 2.24) is 14.7 Å². The number of aryl methyl sites for hydroxylation is 1. The van der Waals surface area contributed by atoms with E-state index < -0.39 is 0 Å². The van der Waals surface area contributed by atoms with Gasteiger partial charge in [-0.3, -0.25) is 14.5 Å². The Hall–Kier alpha value is -2.43. The molecule has 2 heterocycles. The van der Waals surface area contributed by atoms with Gasteiger partial charge in [0.25, 0.3) is 11.8 Å². The summed E-state index contributed by atoms with van der Waals surface area (Å²) in [5.74, 6) is -0.638. The van der Waals surface area contributed by atoms with E-state index in [1.807, 2.05) is 31.2 Å². The number of carbonyl (C=O) groups is 2. The van der Waals surface area contributed by atoms with Crippen LogP contribution in [0.4, 0.5) is 0 Å². The van der Waals surface area contributed by atoms with E-state index in [0.29, 0.717) is 5.70 Å². The van der Waals surface area contributed by atoms with Crippen molar-refractivity contribution in [2.45, 2.75) is 6.92 Å². The second-order valence-corrected chi connectivity index (χ2v) is 4.25. The van der Waals surface area contributed by atoms with Crippen LogP contribution in [0.2, 0.25) is 0 Å². The molecule has 0 fully saturated rings. The molecule has 0 aliphatic carbocycles. The van der Waals surface area contributed by atoms with E-state index in [0.717, 1.165) is 21.5 Å². The zero-order valence-electron chi connectivity index (χ0n) is 10.0. The molecule has 18 heavy (non-hydrogen) atoms. The van der Waals surface area contributed by atoms with Crippen LogP contribution in [0, 0.1) is 6.92 Å². The molecular formula is C13H11N3O2. The van der Waals surface area contributed by atoms with E-state index >= 15 is 0 Å². The zero-order chi connectivity index (χ0) is 12.9. The second-order valence-electron chi connectivity index (χ2n) is 4.25. The molecule has 1 aromatic carbocycles. The summed E-state index contributed by atoms with van der Waals surface area (Å²) in [6, 6.07) is 7.63. The molecule has 5 nitrogen and oxygen atoms in total. The Morgan fingerprint density at radius 1 is 1.17 bits per heavy atom. The number of hydrogen-bond acceptors (Lipinski definition) is 3. The van der Waals surface area contributed by atoms with Gasteiger partial charge in [0.2, 0.25) is 0 Å². The standard InChI is InChI=1S/C13H11N3O2/c1-8-9-5-3-4-6-10(9)16(14-8)11-7-12(17)15(2)13(11)18/h3-7H,1-2H3. The van der Waals surface area contributed by atoms with Crippen LogP contribution >= 0.6 is 0 Å². The van der Waals surface area contributed by atoms with Crippen LogP contribution in [0.1, 0.15) is 5.69 Å². The number of para-hydroxylation sites is 1. The van der Waals surface area contributed by atoms with Gasteiger partial charge in [-0.25, -0.2) is 4.68 Å². The first-order valence-corrected chi connectivity index (χ1v) is 5.58. The molecule has 0 radical (unpaired) electrons. The van der Waals surface area contributed by atoms with E-state index in [9.17, 15) is 9.59 Å². The fraction of sp³-hybridized carbons (Fsp3) is 0.154. The molecule has 0 N–H and O–H groups in total. The van der Waals surface area contributed by atoms with E-state index in [4.69, 9.17) is 0 Å². The van der Waals surface area contributed by atoms with Crippen LogP contribution < -0.4 is 0 Å². The number of rotatable bonds is 1. The Balaban J connectivity index is 2.25. The van der Waals surface area contributed by atoms with E-state index in [2.05, 4.69) is 5.10 Å². The Morgan fingerprint density at radius 2 is 1.89 bits per heavy atom. The highest BCUT2D eigenvalue weighted by molar-refractivity contribution is 6.29. The maximum Gasteiger partial charge on any atom is 0.279 e. The highest BCUT2D eigenvalue weighted by atomic mass is 16.2. The summed E-state index contributed by atoms with van der Waals surface area (Å²) in [6.07, 6.45) is 1.32. The van der Waals surface area contributed by atoms with Gasteiger partial charge in [0.15, 0.2) is 0 Å². The van der Waals surface area contributed by atoms with Crippen LogP contribution in [0.5, 0.6) is 0 Å². The van der Waals surface area contributed by atoms with Gasteiger partial charge in [-0.1, -0.05) is 18.2 Å². The summed E-state index contributed by atoms with van der Waals surface area (Å²) in [6.45, 7) is 1.88. The molecule has 1 aromatic heterocycles. The van der Waals surface area contributed by atoms with Crippen LogP contribution in [-0.2, 0) is 9.59 Å². The Kier molecular flexibility index (Phi) is 2.10. The predicted octanol–water partition coefficient (Wildman–Crippen LogP) is 1.18. The number of aromatic nitrogens is 2. The van der Waals surface area contributed by atoms with Crippen molar-refractivity contribution in [3.8, 4) is 0 Å². The minimum atomic E-state index is -0.326. The van der Waals surface area contributed by atoms with Gasteiger partial charge < -0.3 is 0 Å². The van der Waals surface area contributed by atoms with E-state index in [1.54, 1.807) is 0 Å². The van der Waals surface area contributed by atoms with Crippen LogP contribution in [-0.4, -0.2) is 33.5 Å². The quantitative estimate of drug-likeness (QED) is 0.704. The van der Waals surface area contributed by atoms with Gasteiger partial charge in [-0.05, 0) is 13.0 Å². The summed E-state index contributed by atoms with van der Waals surface area (Å²) >= 11 is 0. The normalized spacial score (nSPS) is 15.7. The highest BCUT2D eigenvalue weighted by Crippen LogP contribution is 2.24. The lowest BCUT2D eigenvalue weighted by Crippen LogP contribution is -2.26. The third-order valence-corrected chi connectivity index (χ3v) is 3.11. The maximum absolute atomic E-state index is 11.9. The van der Waals surface area contributed by atoms with Crippen LogP contribution in [0.25, 0.3) is 16.6 Å². The summed E-state index contributed by atoms with van der Waals surface area (Å²) in [4.78, 5) is 24.5. The third kappa shape index (κ3) is 1.30. The van der Waals surface area contributed by atoms with E-state index in [-0.39, 0.29) is 11.8 Å². The first kappa shape index (κ1) is 10.7. The van der Waals surface area contributed by atoms with Crippen molar-refractivity contribution >= 4 is 28.4 Å². The summed E-state index contributed by atoms with van der Waals surface area (Å²) in [5.41, 5.74) is 1.96. The van der Waals surface area contributed by atoms with Crippen molar-refractivity contribution in [1.29, 1.82) is 0 Å². The number of likely N-dealkylation sites (N-methyl/N-ethyl adjacent to an activating group) is 1. The second kappa shape index (κ2) is 3.53. The molecule has 0 atom stereocenters. The zero-order valence-corrected chi connectivity index (χ0v) is 10.0. The number of imide groups is 1. The lowest BCUT2D eigenvalue weighted by Gasteiger charge is -2.07. The molecule has 1 aliphatic rings. The minimum Gasteiger partial charge on any atom is -0.277 e. The Bertz CT molecular complexity index is 712. The number of fused-ring (bicyclic) bond motifs is 1. The van der Waals surface area contributed by atoms with Crippen molar-refractivity contribution < 1.29 is 9.59 Å². The van der Waals surface area contributed by atoms with Gasteiger partial charge in [-0.15, -0.1) is 0 Å². The maximum atomic E-state index is 11.9. The topological polar surface area (TPSA) is 55.2 Å². The molecule has 0 unspecified atom stereocenters. The highest BCUT2D eigenvalue weighted by Gasteiger charge is 2.30. The van der Waals surface area contributed by atoms with Gasteiger partial charge in [0, 0.05) is 18.5 Å². The van der Waals surface area contributed by atoms with Gasteiger partial charge in [0.1, 0.15) is 5.70 Å². The summed E-state index contributed by atoms with van der Waals surface area (Å²) < 4.78 is 1.54. The average molecular weight is 241 g/mol. The number of nitrogens with zero attached hydrogens (tertiary/aromatic N) is 3. The molecule has 5 heteroatoms. The molecule has 2 aromatic rings. The smallest absolute Gasteiger partial charge is 0.277 e. The third-order valence-electron chi connectivity index (χ3n) is 3.11. The van der Waals surface area contributed by atoms with Crippen molar-refractivity contribution in [3.05, 3.63) is 36.0 Å². The lowest BCUT2D eigenvalue weighted by molar-refractivity contribution is -0.134. The molecule has 90 valence electrons. The molecule has 0 spiro atoms. The number of hydrogen-bond donors (Lipinski definition) is 0. The number of benzene rings is 1. The van der Waals surface area contributed by atoms with Gasteiger partial charge >= 0.3 is 0 Å². The Labute approximate surface area is 103 Å². The lowest BCUT2D eigenvalue weighted by atomic mass is 10.2.